The number of aromatic carboxylic acids is 1. The number of aldehydes is 1. The molecule has 0 heterocycles. The number of nitrogens with zero attached hydrogens (tertiary/aromatic N) is 1. The lowest BCUT2D eigenvalue weighted by atomic mass is 10.2. The molecule has 0 radical (unpaired) electrons. The van der Waals surface area contributed by atoms with E-state index in [0.717, 1.165) is 6.29 Å². The largest absolute Gasteiger partial charge is 0.478 e. The molecule has 1 N–H and O–H groups in total. The van der Waals surface area contributed by atoms with Gasteiger partial charge >= 0.3 is 5.97 Å². The van der Waals surface area contributed by atoms with Gasteiger partial charge in [-0.15, -0.1) is 0 Å². The summed E-state index contributed by atoms with van der Waals surface area (Å²) in [5.74, 6) is -1.07. The van der Waals surface area contributed by atoms with E-state index in [4.69, 9.17) is 16.7 Å². The molecule has 1 aromatic carbocycles. The van der Waals surface area contributed by atoms with Crippen molar-refractivity contribution in [2.45, 2.75) is 0 Å². The first-order chi connectivity index (χ1) is 7.06. The van der Waals surface area contributed by atoms with Crippen molar-refractivity contribution in [3.63, 3.8) is 0 Å². The van der Waals surface area contributed by atoms with Crippen molar-refractivity contribution in [1.82, 2.24) is 0 Å². The predicted octanol–water partition coefficient (Wildman–Crippen LogP) is 1.67. The van der Waals surface area contributed by atoms with E-state index in [9.17, 15) is 9.59 Å². The topological polar surface area (TPSA) is 57.6 Å². The van der Waals surface area contributed by atoms with Crippen LogP contribution in [-0.2, 0) is 4.79 Å². The van der Waals surface area contributed by atoms with E-state index in [-0.39, 0.29) is 17.1 Å². The SMILES string of the molecule is CN(CC=O)c1ccc(C(=O)O)c(Cl)c1. The van der Waals surface area contributed by atoms with E-state index in [2.05, 4.69) is 0 Å². The van der Waals surface area contributed by atoms with Gasteiger partial charge in [0, 0.05) is 12.7 Å². The molecule has 0 saturated heterocycles. The monoisotopic (exact) mass is 227 g/mol. The molecule has 0 fully saturated rings. The van der Waals surface area contributed by atoms with Crippen molar-refractivity contribution >= 4 is 29.5 Å². The van der Waals surface area contributed by atoms with Gasteiger partial charge in [-0.1, -0.05) is 11.6 Å². The molecule has 0 saturated carbocycles. The fourth-order valence-electron chi connectivity index (χ4n) is 1.13. The lowest BCUT2D eigenvalue weighted by Crippen LogP contribution is -2.19. The third-order valence-electron chi connectivity index (χ3n) is 1.97. The lowest BCUT2D eigenvalue weighted by Gasteiger charge is -2.16. The molecule has 0 bridgehead atoms. The van der Waals surface area contributed by atoms with Gasteiger partial charge in [-0.05, 0) is 18.2 Å². The number of anilines is 1. The summed E-state index contributed by atoms with van der Waals surface area (Å²) in [4.78, 5) is 22.6. The van der Waals surface area contributed by atoms with Crippen molar-refractivity contribution < 1.29 is 14.7 Å². The second-order valence-corrected chi connectivity index (χ2v) is 3.42. The summed E-state index contributed by atoms with van der Waals surface area (Å²) in [5, 5.41) is 8.91. The summed E-state index contributed by atoms with van der Waals surface area (Å²) < 4.78 is 0. The first-order valence-corrected chi connectivity index (χ1v) is 4.61. The van der Waals surface area contributed by atoms with Crippen LogP contribution in [0.1, 0.15) is 10.4 Å². The maximum atomic E-state index is 10.7. The summed E-state index contributed by atoms with van der Waals surface area (Å²) in [6.07, 6.45) is 0.763. The molecule has 1 rings (SSSR count). The molecule has 0 aliphatic heterocycles. The van der Waals surface area contributed by atoms with Crippen LogP contribution in [0, 0.1) is 0 Å². The fraction of sp³-hybridized carbons (Fsp3) is 0.200. The Morgan fingerprint density at radius 1 is 1.60 bits per heavy atom. The quantitative estimate of drug-likeness (QED) is 0.795. The number of rotatable bonds is 4. The van der Waals surface area contributed by atoms with Crippen LogP contribution in [0.2, 0.25) is 5.02 Å². The number of hydrogen-bond acceptors (Lipinski definition) is 3. The van der Waals surface area contributed by atoms with E-state index in [1.54, 1.807) is 18.0 Å². The van der Waals surface area contributed by atoms with Gasteiger partial charge in [0.2, 0.25) is 0 Å². The first kappa shape index (κ1) is 11.5. The number of carbonyl (C=O) groups is 2. The van der Waals surface area contributed by atoms with Crippen LogP contribution in [-0.4, -0.2) is 31.0 Å². The summed E-state index contributed by atoms with van der Waals surface area (Å²) in [6, 6.07) is 4.55. The maximum Gasteiger partial charge on any atom is 0.337 e. The van der Waals surface area contributed by atoms with E-state index >= 15 is 0 Å². The van der Waals surface area contributed by atoms with Crippen LogP contribution in [0.15, 0.2) is 18.2 Å². The minimum atomic E-state index is -1.07. The second kappa shape index (κ2) is 4.79. The van der Waals surface area contributed by atoms with Gasteiger partial charge < -0.3 is 14.8 Å². The molecule has 0 aliphatic carbocycles. The average Bonchev–Trinajstić information content (AvgIpc) is 2.17. The Kier molecular flexibility index (Phi) is 3.68. The van der Waals surface area contributed by atoms with Gasteiger partial charge in [0.05, 0.1) is 17.1 Å². The van der Waals surface area contributed by atoms with Gasteiger partial charge in [-0.2, -0.15) is 0 Å². The fourth-order valence-corrected chi connectivity index (χ4v) is 1.39. The highest BCUT2D eigenvalue weighted by Crippen LogP contribution is 2.22. The molecule has 80 valence electrons. The molecule has 4 nitrogen and oxygen atoms in total. The van der Waals surface area contributed by atoms with Gasteiger partial charge in [0.15, 0.2) is 0 Å². The molecular formula is C10H10ClNO3. The lowest BCUT2D eigenvalue weighted by molar-refractivity contribution is -0.106. The summed E-state index contributed by atoms with van der Waals surface area (Å²) >= 11 is 5.77. The van der Waals surface area contributed by atoms with Crippen molar-refractivity contribution in [1.29, 1.82) is 0 Å². The molecule has 0 unspecified atom stereocenters. The number of carboxylic acids is 1. The Balaban J connectivity index is 3.00. The third-order valence-corrected chi connectivity index (χ3v) is 2.28. The molecule has 0 spiro atoms. The smallest absolute Gasteiger partial charge is 0.337 e. The van der Waals surface area contributed by atoms with Crippen molar-refractivity contribution in [2.24, 2.45) is 0 Å². The minimum Gasteiger partial charge on any atom is -0.478 e. The van der Waals surface area contributed by atoms with Crippen LogP contribution in [0.4, 0.5) is 5.69 Å². The van der Waals surface area contributed by atoms with Crippen LogP contribution in [0.3, 0.4) is 0 Å². The Hall–Kier alpha value is -1.55. The predicted molar refractivity (Wildman–Crippen MR) is 57.7 cm³/mol. The average molecular weight is 228 g/mol. The number of hydrogen-bond donors (Lipinski definition) is 1. The van der Waals surface area contributed by atoms with E-state index < -0.39 is 5.97 Å². The number of carboxylic acid groups (broad SMARTS) is 1. The Bertz CT molecular complexity index is 392. The third kappa shape index (κ3) is 2.70. The van der Waals surface area contributed by atoms with Crippen molar-refractivity contribution in [3.05, 3.63) is 28.8 Å². The molecule has 0 amide bonds. The molecule has 0 aliphatic rings. The zero-order chi connectivity index (χ0) is 11.4. The number of carbonyl (C=O) groups excluding carboxylic acids is 1. The van der Waals surface area contributed by atoms with Crippen LogP contribution in [0.25, 0.3) is 0 Å². The number of likely N-dealkylation sites (N-methyl/N-ethyl adjacent to an activating group) is 1. The zero-order valence-corrected chi connectivity index (χ0v) is 8.86. The Morgan fingerprint density at radius 2 is 2.27 bits per heavy atom. The first-order valence-electron chi connectivity index (χ1n) is 4.24. The Morgan fingerprint density at radius 3 is 2.73 bits per heavy atom. The van der Waals surface area contributed by atoms with Gasteiger partial charge in [0.25, 0.3) is 0 Å². The van der Waals surface area contributed by atoms with Crippen molar-refractivity contribution in [3.8, 4) is 0 Å². The highest BCUT2D eigenvalue weighted by Gasteiger charge is 2.10. The van der Waals surface area contributed by atoms with Gasteiger partial charge in [-0.3, -0.25) is 0 Å². The number of halogens is 1. The van der Waals surface area contributed by atoms with Crippen molar-refractivity contribution in [2.75, 3.05) is 18.5 Å². The second-order valence-electron chi connectivity index (χ2n) is 3.02. The van der Waals surface area contributed by atoms with E-state index in [1.807, 2.05) is 0 Å². The molecular weight excluding hydrogens is 218 g/mol. The van der Waals surface area contributed by atoms with Crippen LogP contribution in [0.5, 0.6) is 0 Å². The van der Waals surface area contributed by atoms with Crippen LogP contribution < -0.4 is 4.90 Å². The standard InChI is InChI=1S/C10H10ClNO3/c1-12(4-5-13)7-2-3-8(10(14)15)9(11)6-7/h2-3,5-6H,4H2,1H3,(H,14,15). The molecule has 0 atom stereocenters. The highest BCUT2D eigenvalue weighted by atomic mass is 35.5. The molecule has 1 aromatic rings. The van der Waals surface area contributed by atoms with Crippen LogP contribution >= 0.6 is 11.6 Å². The molecule has 5 heteroatoms. The minimum absolute atomic E-state index is 0.0555. The van der Waals surface area contributed by atoms with E-state index in [1.165, 1.54) is 12.1 Å². The normalized spacial score (nSPS) is 9.73. The Labute approximate surface area is 92.1 Å². The van der Waals surface area contributed by atoms with Gasteiger partial charge in [-0.25, -0.2) is 4.79 Å². The summed E-state index contributed by atoms with van der Waals surface area (Å²) in [5.41, 5.74) is 0.761. The zero-order valence-electron chi connectivity index (χ0n) is 8.11. The highest BCUT2D eigenvalue weighted by molar-refractivity contribution is 6.33. The summed E-state index contributed by atoms with van der Waals surface area (Å²) in [6.45, 7) is 0.239. The molecule has 15 heavy (non-hydrogen) atoms. The van der Waals surface area contributed by atoms with E-state index in [0.29, 0.717) is 5.69 Å². The molecule has 0 aromatic heterocycles. The maximum absolute atomic E-state index is 10.7. The summed E-state index contributed by atoms with van der Waals surface area (Å²) in [7, 11) is 1.72. The van der Waals surface area contributed by atoms with Gasteiger partial charge in [0.1, 0.15) is 6.29 Å². The number of benzene rings is 1.